The molecule has 0 unspecified atom stereocenters. The SMILES string of the molecule is CC(C)(C)NC(=O)[C@@H](c1ccc(Cl)cc1)N(C(=O)c1snc(C(N)=O)c1N)c1ccc(Cl)cc1. The van der Waals surface area contributed by atoms with Crippen molar-refractivity contribution < 1.29 is 14.4 Å². The van der Waals surface area contributed by atoms with E-state index >= 15 is 0 Å². The van der Waals surface area contributed by atoms with Gasteiger partial charge in [0.1, 0.15) is 10.9 Å². The Bertz CT molecular complexity index is 1220. The number of hydrogen-bond donors (Lipinski definition) is 3. The zero-order chi connectivity index (χ0) is 25.2. The van der Waals surface area contributed by atoms with Gasteiger partial charge in [0.05, 0.1) is 5.69 Å². The number of amides is 3. The van der Waals surface area contributed by atoms with Gasteiger partial charge in [-0.15, -0.1) is 0 Å². The fraction of sp³-hybridized carbons (Fsp3) is 0.217. The Morgan fingerprint density at radius 3 is 2.00 bits per heavy atom. The molecule has 178 valence electrons. The predicted molar refractivity (Wildman–Crippen MR) is 135 cm³/mol. The Hall–Kier alpha value is -3.14. The van der Waals surface area contributed by atoms with E-state index in [1.54, 1.807) is 48.5 Å². The maximum atomic E-state index is 13.9. The number of anilines is 2. The minimum atomic E-state index is -1.11. The van der Waals surface area contributed by atoms with Gasteiger partial charge in [0.15, 0.2) is 5.69 Å². The number of carbonyl (C=O) groups excluding carboxylic acids is 3. The normalized spacial score (nSPS) is 12.1. The molecule has 0 bridgehead atoms. The van der Waals surface area contributed by atoms with Gasteiger partial charge >= 0.3 is 0 Å². The summed E-state index contributed by atoms with van der Waals surface area (Å²) in [5.41, 5.74) is 11.3. The first-order valence-corrected chi connectivity index (χ1v) is 11.6. The van der Waals surface area contributed by atoms with Crippen molar-refractivity contribution in [1.82, 2.24) is 9.69 Å². The predicted octanol–water partition coefficient (Wildman–Crippen LogP) is 4.43. The number of carbonyl (C=O) groups is 3. The van der Waals surface area contributed by atoms with Crippen LogP contribution in [0.4, 0.5) is 11.4 Å². The Kier molecular flexibility index (Phi) is 7.50. The molecule has 3 amide bonds. The van der Waals surface area contributed by atoms with E-state index in [4.69, 9.17) is 34.7 Å². The summed E-state index contributed by atoms with van der Waals surface area (Å²) < 4.78 is 3.93. The van der Waals surface area contributed by atoms with Gasteiger partial charge < -0.3 is 16.8 Å². The lowest BCUT2D eigenvalue weighted by Crippen LogP contribution is -2.49. The first-order chi connectivity index (χ1) is 15.9. The molecule has 1 aromatic heterocycles. The zero-order valence-corrected chi connectivity index (χ0v) is 21.0. The Balaban J connectivity index is 2.22. The van der Waals surface area contributed by atoms with Crippen LogP contribution in [0.1, 0.15) is 52.5 Å². The number of rotatable bonds is 6. The maximum Gasteiger partial charge on any atom is 0.273 e. The van der Waals surface area contributed by atoms with E-state index < -0.39 is 29.3 Å². The highest BCUT2D eigenvalue weighted by molar-refractivity contribution is 7.09. The third-order valence-corrected chi connectivity index (χ3v) is 6.02. The van der Waals surface area contributed by atoms with Gasteiger partial charge in [0, 0.05) is 21.3 Å². The molecule has 0 saturated heterocycles. The standard InChI is InChI=1S/C23H23Cl2N5O3S/c1-23(2,3)28-21(32)18(12-4-6-13(24)7-5-12)30(15-10-8-14(25)9-11-15)22(33)19-16(26)17(20(27)31)29-34-19/h4-11,18H,26H2,1-3H3,(H2,27,31)(H,28,32)/t18-/m1/s1. The van der Waals surface area contributed by atoms with Gasteiger partial charge in [-0.3, -0.25) is 19.3 Å². The number of nitrogens with zero attached hydrogens (tertiary/aromatic N) is 2. The molecule has 2 aromatic carbocycles. The van der Waals surface area contributed by atoms with Crippen molar-refractivity contribution in [1.29, 1.82) is 0 Å². The summed E-state index contributed by atoms with van der Waals surface area (Å²) in [5, 5.41) is 3.85. The summed E-state index contributed by atoms with van der Waals surface area (Å²) in [6.45, 7) is 5.50. The number of hydrogen-bond acceptors (Lipinski definition) is 6. The largest absolute Gasteiger partial charge is 0.395 e. The van der Waals surface area contributed by atoms with Crippen molar-refractivity contribution in [3.8, 4) is 0 Å². The van der Waals surface area contributed by atoms with E-state index in [1.165, 1.54) is 4.90 Å². The van der Waals surface area contributed by atoms with Gasteiger partial charge in [-0.1, -0.05) is 35.3 Å². The average molecular weight is 520 g/mol. The molecular weight excluding hydrogens is 497 g/mol. The summed E-state index contributed by atoms with van der Waals surface area (Å²) in [4.78, 5) is 40.4. The van der Waals surface area contributed by atoms with Crippen LogP contribution in [-0.2, 0) is 4.79 Å². The first kappa shape index (κ1) is 25.5. The number of aromatic nitrogens is 1. The number of benzene rings is 2. The minimum Gasteiger partial charge on any atom is -0.395 e. The molecule has 1 heterocycles. The highest BCUT2D eigenvalue weighted by Crippen LogP contribution is 2.34. The van der Waals surface area contributed by atoms with Crippen LogP contribution in [0, 0.1) is 0 Å². The van der Waals surface area contributed by atoms with E-state index in [0.29, 0.717) is 21.3 Å². The van der Waals surface area contributed by atoms with Crippen LogP contribution < -0.4 is 21.7 Å². The van der Waals surface area contributed by atoms with Crippen LogP contribution in [0.5, 0.6) is 0 Å². The van der Waals surface area contributed by atoms with Crippen LogP contribution >= 0.6 is 34.7 Å². The molecule has 11 heteroatoms. The summed E-state index contributed by atoms with van der Waals surface area (Å²) in [6.07, 6.45) is 0. The molecule has 34 heavy (non-hydrogen) atoms. The van der Waals surface area contributed by atoms with Crippen molar-refractivity contribution >= 4 is 63.8 Å². The van der Waals surface area contributed by atoms with Crippen LogP contribution in [0.2, 0.25) is 10.0 Å². The average Bonchev–Trinajstić information content (AvgIpc) is 3.13. The second-order valence-electron chi connectivity index (χ2n) is 8.48. The Morgan fingerprint density at radius 1 is 1.00 bits per heavy atom. The van der Waals surface area contributed by atoms with Crippen molar-refractivity contribution in [3.63, 3.8) is 0 Å². The molecule has 1 atom stereocenters. The summed E-state index contributed by atoms with van der Waals surface area (Å²) in [7, 11) is 0. The van der Waals surface area contributed by atoms with Crippen molar-refractivity contribution in [3.05, 3.63) is 74.7 Å². The van der Waals surface area contributed by atoms with Crippen molar-refractivity contribution in [2.75, 3.05) is 10.6 Å². The van der Waals surface area contributed by atoms with Gasteiger partial charge in [-0.25, -0.2) is 0 Å². The third kappa shape index (κ3) is 5.67. The smallest absolute Gasteiger partial charge is 0.273 e. The van der Waals surface area contributed by atoms with Gasteiger partial charge in [0.25, 0.3) is 11.8 Å². The van der Waals surface area contributed by atoms with E-state index in [0.717, 1.165) is 11.5 Å². The lowest BCUT2D eigenvalue weighted by molar-refractivity contribution is -0.123. The number of nitrogen functional groups attached to an aromatic ring is 1. The third-order valence-electron chi connectivity index (χ3n) is 4.67. The molecule has 0 aliphatic carbocycles. The fourth-order valence-electron chi connectivity index (χ4n) is 3.22. The van der Waals surface area contributed by atoms with Crippen molar-refractivity contribution in [2.45, 2.75) is 32.4 Å². The lowest BCUT2D eigenvalue weighted by Gasteiger charge is -2.33. The first-order valence-electron chi connectivity index (χ1n) is 10.1. The van der Waals surface area contributed by atoms with Crippen molar-refractivity contribution in [2.24, 2.45) is 5.73 Å². The molecule has 0 aliphatic rings. The van der Waals surface area contributed by atoms with Crippen LogP contribution in [0.25, 0.3) is 0 Å². The fourth-order valence-corrected chi connectivity index (χ4v) is 4.22. The molecule has 0 spiro atoms. The highest BCUT2D eigenvalue weighted by Gasteiger charge is 2.37. The second kappa shape index (κ2) is 10.0. The highest BCUT2D eigenvalue weighted by atomic mass is 35.5. The number of halogens is 2. The molecule has 3 aromatic rings. The van der Waals surface area contributed by atoms with Crippen LogP contribution in [0.3, 0.4) is 0 Å². The number of nitrogens with two attached hydrogens (primary N) is 2. The number of nitrogens with one attached hydrogen (secondary N) is 1. The summed E-state index contributed by atoms with van der Waals surface area (Å²) >= 11 is 12.9. The quantitative estimate of drug-likeness (QED) is 0.443. The van der Waals surface area contributed by atoms with Gasteiger partial charge in [-0.2, -0.15) is 4.37 Å². The van der Waals surface area contributed by atoms with E-state index in [2.05, 4.69) is 9.69 Å². The summed E-state index contributed by atoms with van der Waals surface area (Å²) in [5.74, 6) is -1.92. The lowest BCUT2D eigenvalue weighted by atomic mass is 10.0. The van der Waals surface area contributed by atoms with Gasteiger partial charge in [0.2, 0.25) is 5.91 Å². The maximum absolute atomic E-state index is 13.9. The molecule has 0 saturated carbocycles. The van der Waals surface area contributed by atoms with Crippen LogP contribution in [-0.4, -0.2) is 27.6 Å². The number of primary amides is 1. The topological polar surface area (TPSA) is 131 Å². The van der Waals surface area contributed by atoms with Crippen LogP contribution in [0.15, 0.2) is 48.5 Å². The van der Waals surface area contributed by atoms with E-state index in [-0.39, 0.29) is 16.3 Å². The molecule has 0 fully saturated rings. The molecule has 3 rings (SSSR count). The molecule has 0 radical (unpaired) electrons. The Morgan fingerprint density at radius 2 is 1.53 bits per heavy atom. The summed E-state index contributed by atoms with van der Waals surface area (Å²) in [6, 6.07) is 11.9. The zero-order valence-electron chi connectivity index (χ0n) is 18.6. The molecule has 0 aliphatic heterocycles. The van der Waals surface area contributed by atoms with Gasteiger partial charge in [-0.05, 0) is 74.3 Å². The minimum absolute atomic E-state index is 0.0220. The molecule has 8 nitrogen and oxygen atoms in total. The monoisotopic (exact) mass is 519 g/mol. The van der Waals surface area contributed by atoms with E-state index in [9.17, 15) is 14.4 Å². The second-order valence-corrected chi connectivity index (χ2v) is 10.1. The molecule has 5 N–H and O–H groups in total. The molecular formula is C23H23Cl2N5O3S. The Labute approximate surface area is 211 Å². The van der Waals surface area contributed by atoms with E-state index in [1.807, 2.05) is 20.8 Å².